The first kappa shape index (κ1) is 20.6. The van der Waals surface area contributed by atoms with Crippen molar-refractivity contribution < 1.29 is 4.79 Å². The number of nitrogens with two attached hydrogens (primary N) is 1. The molecule has 138 valence electrons. The van der Waals surface area contributed by atoms with Crippen LogP contribution in [-0.2, 0) is 11.3 Å². The number of rotatable bonds is 9. The summed E-state index contributed by atoms with van der Waals surface area (Å²) in [5.41, 5.74) is 6.42. The number of hydrogen-bond donors (Lipinski definition) is 2. The predicted molar refractivity (Wildman–Crippen MR) is 113 cm³/mol. The molecule has 0 bridgehead atoms. The standard InChI is InChI=1S/C19H22ClN3OS2/c20-16-6-8-17(9-7-16)26-13-11-22-19(25)23(12-10-18(21)24)14-15-4-2-1-3-5-15/h1-9H,10-14H2,(H2,21,24)(H,22,25). The first-order valence-corrected chi connectivity index (χ1v) is 10.0. The van der Waals surface area contributed by atoms with Gasteiger partial charge in [0, 0.05) is 41.7 Å². The van der Waals surface area contributed by atoms with Gasteiger partial charge in [-0.1, -0.05) is 41.9 Å². The van der Waals surface area contributed by atoms with Gasteiger partial charge in [0.25, 0.3) is 0 Å². The highest BCUT2D eigenvalue weighted by Gasteiger charge is 2.11. The Bertz CT molecular complexity index is 710. The van der Waals surface area contributed by atoms with Gasteiger partial charge in [-0.3, -0.25) is 4.79 Å². The Morgan fingerprint density at radius 1 is 1.15 bits per heavy atom. The zero-order valence-electron chi connectivity index (χ0n) is 14.4. The van der Waals surface area contributed by atoms with Crippen molar-refractivity contribution in [1.29, 1.82) is 0 Å². The number of hydrogen-bond acceptors (Lipinski definition) is 3. The van der Waals surface area contributed by atoms with Crippen LogP contribution in [0, 0.1) is 0 Å². The molecule has 3 N–H and O–H groups in total. The number of carbonyl (C=O) groups excluding carboxylic acids is 1. The lowest BCUT2D eigenvalue weighted by Gasteiger charge is -2.25. The topological polar surface area (TPSA) is 58.4 Å². The van der Waals surface area contributed by atoms with Gasteiger partial charge >= 0.3 is 0 Å². The number of benzene rings is 2. The van der Waals surface area contributed by atoms with Crippen LogP contribution in [-0.4, -0.2) is 34.8 Å². The summed E-state index contributed by atoms with van der Waals surface area (Å²) in [6.07, 6.45) is 0.272. The Labute approximate surface area is 169 Å². The average Bonchev–Trinajstić information content (AvgIpc) is 2.64. The van der Waals surface area contributed by atoms with Crippen LogP contribution in [0.15, 0.2) is 59.5 Å². The van der Waals surface area contributed by atoms with Crippen molar-refractivity contribution in [3.05, 3.63) is 65.2 Å². The highest BCUT2D eigenvalue weighted by molar-refractivity contribution is 7.99. The van der Waals surface area contributed by atoms with Gasteiger partial charge in [-0.25, -0.2) is 0 Å². The highest BCUT2D eigenvalue weighted by atomic mass is 35.5. The third kappa shape index (κ3) is 7.64. The van der Waals surface area contributed by atoms with E-state index >= 15 is 0 Å². The largest absolute Gasteiger partial charge is 0.370 e. The smallest absolute Gasteiger partial charge is 0.219 e. The summed E-state index contributed by atoms with van der Waals surface area (Å²) >= 11 is 13.1. The van der Waals surface area contributed by atoms with E-state index in [9.17, 15) is 4.79 Å². The van der Waals surface area contributed by atoms with Crippen molar-refractivity contribution in [2.75, 3.05) is 18.8 Å². The SMILES string of the molecule is NC(=O)CCN(Cc1ccccc1)C(=S)NCCSc1ccc(Cl)cc1. The molecule has 0 saturated heterocycles. The molecule has 1 amide bonds. The molecular weight excluding hydrogens is 386 g/mol. The van der Waals surface area contributed by atoms with E-state index in [1.54, 1.807) is 11.8 Å². The number of thiocarbonyl (C=S) groups is 1. The van der Waals surface area contributed by atoms with E-state index in [0.29, 0.717) is 18.2 Å². The second kappa shape index (κ2) is 11.1. The normalized spacial score (nSPS) is 10.3. The van der Waals surface area contributed by atoms with Crippen molar-refractivity contribution >= 4 is 46.6 Å². The molecule has 0 fully saturated rings. The molecule has 0 radical (unpaired) electrons. The summed E-state index contributed by atoms with van der Waals surface area (Å²) in [6, 6.07) is 17.8. The molecule has 0 heterocycles. The van der Waals surface area contributed by atoms with E-state index in [1.807, 2.05) is 59.5 Å². The maximum atomic E-state index is 11.1. The van der Waals surface area contributed by atoms with Crippen LogP contribution in [0.25, 0.3) is 0 Å². The number of amides is 1. The van der Waals surface area contributed by atoms with Crippen LogP contribution in [0.4, 0.5) is 0 Å². The van der Waals surface area contributed by atoms with Gasteiger partial charge in [0.15, 0.2) is 5.11 Å². The third-order valence-electron chi connectivity index (χ3n) is 3.59. The highest BCUT2D eigenvalue weighted by Crippen LogP contribution is 2.19. The van der Waals surface area contributed by atoms with E-state index in [-0.39, 0.29) is 12.3 Å². The second-order valence-corrected chi connectivity index (χ2v) is 7.65. The zero-order valence-corrected chi connectivity index (χ0v) is 16.7. The summed E-state index contributed by atoms with van der Waals surface area (Å²) in [7, 11) is 0. The lowest BCUT2D eigenvalue weighted by molar-refractivity contribution is -0.118. The summed E-state index contributed by atoms with van der Waals surface area (Å²) in [6.45, 7) is 1.87. The number of carbonyl (C=O) groups is 1. The molecule has 0 aliphatic carbocycles. The molecule has 26 heavy (non-hydrogen) atoms. The van der Waals surface area contributed by atoms with Gasteiger partial charge < -0.3 is 16.0 Å². The maximum Gasteiger partial charge on any atom is 0.219 e. The lowest BCUT2D eigenvalue weighted by Crippen LogP contribution is -2.41. The number of thioether (sulfide) groups is 1. The number of nitrogens with one attached hydrogen (secondary N) is 1. The first-order chi connectivity index (χ1) is 12.5. The monoisotopic (exact) mass is 407 g/mol. The molecule has 2 aromatic rings. The van der Waals surface area contributed by atoms with Crippen LogP contribution in [0.1, 0.15) is 12.0 Å². The molecule has 0 unspecified atom stereocenters. The molecule has 4 nitrogen and oxygen atoms in total. The van der Waals surface area contributed by atoms with Crippen molar-refractivity contribution in [1.82, 2.24) is 10.2 Å². The summed E-state index contributed by atoms with van der Waals surface area (Å²) < 4.78 is 0. The quantitative estimate of drug-likeness (QED) is 0.377. The second-order valence-electron chi connectivity index (χ2n) is 5.66. The van der Waals surface area contributed by atoms with Crippen molar-refractivity contribution in [2.45, 2.75) is 17.9 Å². The molecule has 0 aliphatic rings. The molecule has 0 spiro atoms. The number of nitrogens with zero attached hydrogens (tertiary/aromatic N) is 1. The lowest BCUT2D eigenvalue weighted by atomic mass is 10.2. The Hall–Kier alpha value is -1.76. The minimum absolute atomic E-state index is 0.272. The van der Waals surface area contributed by atoms with Crippen LogP contribution >= 0.6 is 35.6 Å². The molecular formula is C19H22ClN3OS2. The van der Waals surface area contributed by atoms with Gasteiger partial charge in [-0.15, -0.1) is 11.8 Å². The predicted octanol–water partition coefficient (Wildman–Crippen LogP) is 3.68. The maximum absolute atomic E-state index is 11.1. The fraction of sp³-hybridized carbons (Fsp3) is 0.263. The number of primary amides is 1. The molecule has 0 aromatic heterocycles. The van der Waals surface area contributed by atoms with Crippen LogP contribution in [0.2, 0.25) is 5.02 Å². The van der Waals surface area contributed by atoms with Crippen LogP contribution in [0.5, 0.6) is 0 Å². The van der Waals surface area contributed by atoms with Gasteiger partial charge in [-0.05, 0) is 42.0 Å². The molecule has 2 rings (SSSR count). The third-order valence-corrected chi connectivity index (χ3v) is 5.26. The molecule has 0 saturated carbocycles. The van der Waals surface area contributed by atoms with Crippen LogP contribution < -0.4 is 11.1 Å². The molecule has 7 heteroatoms. The average molecular weight is 408 g/mol. The van der Waals surface area contributed by atoms with E-state index in [2.05, 4.69) is 5.32 Å². The van der Waals surface area contributed by atoms with Crippen molar-refractivity contribution in [2.24, 2.45) is 5.73 Å². The van der Waals surface area contributed by atoms with Gasteiger partial charge in [0.05, 0.1) is 0 Å². The van der Waals surface area contributed by atoms with Crippen molar-refractivity contribution in [3.8, 4) is 0 Å². The number of halogens is 1. The Kier molecular flexibility index (Phi) is 8.74. The van der Waals surface area contributed by atoms with E-state index < -0.39 is 0 Å². The molecule has 0 aliphatic heterocycles. The molecule has 2 aromatic carbocycles. The van der Waals surface area contributed by atoms with Gasteiger partial charge in [0.2, 0.25) is 5.91 Å². The fourth-order valence-corrected chi connectivity index (χ4v) is 3.42. The Morgan fingerprint density at radius 2 is 1.85 bits per heavy atom. The van der Waals surface area contributed by atoms with Crippen LogP contribution in [0.3, 0.4) is 0 Å². The summed E-state index contributed by atoms with van der Waals surface area (Å²) in [5.74, 6) is 0.542. The Balaban J connectivity index is 1.82. The summed E-state index contributed by atoms with van der Waals surface area (Å²) in [5, 5.41) is 4.63. The van der Waals surface area contributed by atoms with Gasteiger partial charge in [0.1, 0.15) is 0 Å². The minimum Gasteiger partial charge on any atom is -0.370 e. The summed E-state index contributed by atoms with van der Waals surface area (Å²) in [4.78, 5) is 14.3. The Morgan fingerprint density at radius 3 is 2.50 bits per heavy atom. The fourth-order valence-electron chi connectivity index (χ4n) is 2.27. The first-order valence-electron chi connectivity index (χ1n) is 8.28. The van der Waals surface area contributed by atoms with E-state index in [0.717, 1.165) is 27.8 Å². The zero-order chi connectivity index (χ0) is 18.8. The molecule has 0 atom stereocenters. The van der Waals surface area contributed by atoms with E-state index in [1.165, 1.54) is 0 Å². The van der Waals surface area contributed by atoms with E-state index in [4.69, 9.17) is 29.6 Å². The minimum atomic E-state index is -0.329. The van der Waals surface area contributed by atoms with Gasteiger partial charge in [-0.2, -0.15) is 0 Å². The van der Waals surface area contributed by atoms with Crippen molar-refractivity contribution in [3.63, 3.8) is 0 Å².